The summed E-state index contributed by atoms with van der Waals surface area (Å²) < 4.78 is 18.2. The van der Waals surface area contributed by atoms with E-state index in [1.165, 1.54) is 12.1 Å². The molecule has 1 N–H and O–H groups in total. The highest BCUT2D eigenvalue weighted by Crippen LogP contribution is 2.23. The van der Waals surface area contributed by atoms with Crippen molar-refractivity contribution in [2.24, 2.45) is 5.92 Å². The Hall–Kier alpha value is -2.89. The van der Waals surface area contributed by atoms with Crippen molar-refractivity contribution in [3.8, 4) is 5.75 Å². The molecule has 142 valence electrons. The molecule has 0 spiro atoms. The van der Waals surface area contributed by atoms with Crippen molar-refractivity contribution in [3.05, 3.63) is 65.5 Å². The number of carbonyl (C=O) groups is 2. The number of benzene rings is 2. The fraction of sp³-hybridized carbons (Fsp3) is 0.333. The molecule has 1 aliphatic rings. The first-order valence-electron chi connectivity index (χ1n) is 9.03. The number of carbonyl (C=O) groups excluding carboxylic acids is 2. The zero-order valence-electron chi connectivity index (χ0n) is 15.3. The van der Waals surface area contributed by atoms with Crippen molar-refractivity contribution in [1.29, 1.82) is 0 Å². The van der Waals surface area contributed by atoms with Gasteiger partial charge in [-0.3, -0.25) is 9.59 Å². The second kappa shape index (κ2) is 8.66. The van der Waals surface area contributed by atoms with Crippen molar-refractivity contribution in [2.75, 3.05) is 20.2 Å². The van der Waals surface area contributed by atoms with Crippen LogP contribution in [0.5, 0.6) is 5.75 Å². The maximum absolute atomic E-state index is 12.9. The van der Waals surface area contributed by atoms with Gasteiger partial charge in [-0.1, -0.05) is 24.3 Å². The Bertz CT molecular complexity index is 799. The molecule has 0 radical (unpaired) electrons. The van der Waals surface area contributed by atoms with Crippen LogP contribution in [0.15, 0.2) is 48.5 Å². The summed E-state index contributed by atoms with van der Waals surface area (Å²) in [6, 6.07) is 13.2. The van der Waals surface area contributed by atoms with Gasteiger partial charge in [0.2, 0.25) is 5.91 Å². The van der Waals surface area contributed by atoms with Crippen molar-refractivity contribution >= 4 is 11.8 Å². The molecule has 3 rings (SSSR count). The summed E-state index contributed by atoms with van der Waals surface area (Å²) in [5.74, 6) is 0.0485. The van der Waals surface area contributed by atoms with Gasteiger partial charge < -0.3 is 15.0 Å². The van der Waals surface area contributed by atoms with E-state index < -0.39 is 0 Å². The van der Waals surface area contributed by atoms with Crippen LogP contribution in [0.3, 0.4) is 0 Å². The molecule has 2 aromatic rings. The lowest BCUT2D eigenvalue weighted by atomic mass is 9.95. The van der Waals surface area contributed by atoms with Gasteiger partial charge in [-0.2, -0.15) is 0 Å². The van der Waals surface area contributed by atoms with Crippen LogP contribution in [-0.2, 0) is 11.3 Å². The maximum atomic E-state index is 12.9. The molecule has 2 amide bonds. The molecular weight excluding hydrogens is 347 g/mol. The minimum atomic E-state index is -0.294. The van der Waals surface area contributed by atoms with Gasteiger partial charge in [-0.25, -0.2) is 4.39 Å². The van der Waals surface area contributed by atoms with Crippen molar-refractivity contribution < 1.29 is 18.7 Å². The third kappa shape index (κ3) is 4.64. The van der Waals surface area contributed by atoms with E-state index in [4.69, 9.17) is 4.74 Å². The number of para-hydroxylation sites is 1. The van der Waals surface area contributed by atoms with Crippen LogP contribution in [0.25, 0.3) is 0 Å². The molecule has 1 heterocycles. The molecule has 6 heteroatoms. The lowest BCUT2D eigenvalue weighted by Crippen LogP contribution is -2.43. The topological polar surface area (TPSA) is 58.6 Å². The van der Waals surface area contributed by atoms with E-state index in [-0.39, 0.29) is 23.5 Å². The number of hydrogen-bond donors (Lipinski definition) is 1. The first-order chi connectivity index (χ1) is 13.1. The number of rotatable bonds is 5. The molecule has 2 aromatic carbocycles. The average Bonchev–Trinajstić information content (AvgIpc) is 2.72. The van der Waals surface area contributed by atoms with Crippen LogP contribution in [0.4, 0.5) is 4.39 Å². The van der Waals surface area contributed by atoms with Crippen LogP contribution >= 0.6 is 0 Å². The lowest BCUT2D eigenvalue weighted by molar-refractivity contribution is -0.126. The molecule has 1 saturated heterocycles. The Morgan fingerprint density at radius 2 is 1.78 bits per heavy atom. The summed E-state index contributed by atoms with van der Waals surface area (Å²) >= 11 is 0. The second-order valence-corrected chi connectivity index (χ2v) is 6.61. The Balaban J connectivity index is 1.51. The maximum Gasteiger partial charge on any atom is 0.257 e. The smallest absolute Gasteiger partial charge is 0.257 e. The van der Waals surface area contributed by atoms with E-state index in [1.807, 2.05) is 12.1 Å². The number of nitrogens with zero attached hydrogens (tertiary/aromatic N) is 1. The van der Waals surface area contributed by atoms with Gasteiger partial charge in [-0.05, 0) is 42.7 Å². The SMILES string of the molecule is COc1ccccc1C(=O)N1CCC(C(=O)NCc2ccc(F)cc2)CC1. The molecule has 5 nitrogen and oxygen atoms in total. The van der Waals surface area contributed by atoms with Crippen molar-refractivity contribution in [3.63, 3.8) is 0 Å². The largest absolute Gasteiger partial charge is 0.496 e. The van der Waals surface area contributed by atoms with Crippen LogP contribution in [-0.4, -0.2) is 36.9 Å². The van der Waals surface area contributed by atoms with Crippen molar-refractivity contribution in [1.82, 2.24) is 10.2 Å². The van der Waals surface area contributed by atoms with Gasteiger partial charge >= 0.3 is 0 Å². The van der Waals surface area contributed by atoms with E-state index in [0.29, 0.717) is 43.8 Å². The van der Waals surface area contributed by atoms with Crippen LogP contribution in [0.1, 0.15) is 28.8 Å². The molecule has 0 atom stereocenters. The minimum Gasteiger partial charge on any atom is -0.496 e. The first-order valence-corrected chi connectivity index (χ1v) is 9.03. The highest BCUT2D eigenvalue weighted by molar-refractivity contribution is 5.97. The molecule has 27 heavy (non-hydrogen) atoms. The van der Waals surface area contributed by atoms with E-state index in [0.717, 1.165) is 5.56 Å². The zero-order chi connectivity index (χ0) is 19.2. The molecule has 1 aliphatic heterocycles. The van der Waals surface area contributed by atoms with Crippen LogP contribution < -0.4 is 10.1 Å². The Kier molecular flexibility index (Phi) is 6.06. The van der Waals surface area contributed by atoms with Gasteiger partial charge in [-0.15, -0.1) is 0 Å². The minimum absolute atomic E-state index is 0.0243. The predicted molar refractivity (Wildman–Crippen MR) is 99.9 cm³/mol. The average molecular weight is 370 g/mol. The molecule has 0 bridgehead atoms. The van der Waals surface area contributed by atoms with Gasteiger partial charge in [0.25, 0.3) is 5.91 Å². The quantitative estimate of drug-likeness (QED) is 0.880. The van der Waals surface area contributed by atoms with E-state index in [9.17, 15) is 14.0 Å². The molecule has 0 unspecified atom stereocenters. The fourth-order valence-corrected chi connectivity index (χ4v) is 3.27. The molecule has 1 fully saturated rings. The Morgan fingerprint density at radius 3 is 2.44 bits per heavy atom. The van der Waals surface area contributed by atoms with Gasteiger partial charge in [0, 0.05) is 25.6 Å². The van der Waals surface area contributed by atoms with Gasteiger partial charge in [0.1, 0.15) is 11.6 Å². The van der Waals surface area contributed by atoms with Gasteiger partial charge in [0.05, 0.1) is 12.7 Å². The number of ether oxygens (including phenoxy) is 1. The highest BCUT2D eigenvalue weighted by Gasteiger charge is 2.28. The van der Waals surface area contributed by atoms with Crippen molar-refractivity contribution in [2.45, 2.75) is 19.4 Å². The molecule has 0 saturated carbocycles. The number of piperidine rings is 1. The van der Waals surface area contributed by atoms with E-state index >= 15 is 0 Å². The summed E-state index contributed by atoms with van der Waals surface area (Å²) in [6.07, 6.45) is 1.24. The summed E-state index contributed by atoms with van der Waals surface area (Å²) in [4.78, 5) is 26.9. The molecular formula is C21H23FN2O3. The number of hydrogen-bond acceptors (Lipinski definition) is 3. The summed E-state index contributed by atoms with van der Waals surface area (Å²) in [5.41, 5.74) is 1.40. The fourth-order valence-electron chi connectivity index (χ4n) is 3.27. The first kappa shape index (κ1) is 18.9. The summed E-state index contributed by atoms with van der Waals surface area (Å²) in [7, 11) is 1.55. The lowest BCUT2D eigenvalue weighted by Gasteiger charge is -2.31. The molecule has 0 aromatic heterocycles. The number of methoxy groups -OCH3 is 1. The number of amides is 2. The van der Waals surface area contributed by atoms with Gasteiger partial charge in [0.15, 0.2) is 0 Å². The van der Waals surface area contributed by atoms with E-state index in [2.05, 4.69) is 5.32 Å². The third-order valence-electron chi connectivity index (χ3n) is 4.87. The number of halogens is 1. The molecule has 0 aliphatic carbocycles. The monoisotopic (exact) mass is 370 g/mol. The summed E-state index contributed by atoms with van der Waals surface area (Å²) in [6.45, 7) is 1.44. The number of likely N-dealkylation sites (tertiary alicyclic amines) is 1. The standard InChI is InChI=1S/C21H23FN2O3/c1-27-19-5-3-2-4-18(19)21(26)24-12-10-16(11-13-24)20(25)23-14-15-6-8-17(22)9-7-15/h2-9,16H,10-14H2,1H3,(H,23,25). The Morgan fingerprint density at radius 1 is 1.11 bits per heavy atom. The summed E-state index contributed by atoms with van der Waals surface area (Å²) in [5, 5.41) is 2.90. The highest BCUT2D eigenvalue weighted by atomic mass is 19.1. The van der Waals surface area contributed by atoms with E-state index in [1.54, 1.807) is 36.3 Å². The Labute approximate surface area is 158 Å². The predicted octanol–water partition coefficient (Wildman–Crippen LogP) is 3.00. The third-order valence-corrected chi connectivity index (χ3v) is 4.87. The normalized spacial score (nSPS) is 14.7. The second-order valence-electron chi connectivity index (χ2n) is 6.61. The zero-order valence-corrected chi connectivity index (χ0v) is 15.3. The van der Waals surface area contributed by atoms with Crippen LogP contribution in [0, 0.1) is 11.7 Å². The number of nitrogens with one attached hydrogen (secondary N) is 1. The van der Waals surface area contributed by atoms with Crippen LogP contribution in [0.2, 0.25) is 0 Å².